The van der Waals surface area contributed by atoms with Crippen LogP contribution in [0.1, 0.15) is 11.7 Å². The molecule has 0 radical (unpaired) electrons. The normalized spacial score (nSPS) is 11.5. The maximum absolute atomic E-state index is 12.1. The predicted octanol–water partition coefficient (Wildman–Crippen LogP) is 0.142. The number of hydrazine groups is 1. The van der Waals surface area contributed by atoms with Crippen LogP contribution in [0.25, 0.3) is 0 Å². The second-order valence-corrected chi connectivity index (χ2v) is 5.43. The summed E-state index contributed by atoms with van der Waals surface area (Å²) in [6.45, 7) is 1.57. The van der Waals surface area contributed by atoms with Gasteiger partial charge in [0.15, 0.2) is 5.82 Å². The lowest BCUT2D eigenvalue weighted by atomic mass is 10.3. The minimum Gasteiger partial charge on any atom is -0.340 e. The summed E-state index contributed by atoms with van der Waals surface area (Å²) in [5.41, 5.74) is 2.64. The Bertz CT molecular complexity index is 667. The van der Waals surface area contributed by atoms with Crippen LogP contribution in [0.2, 0.25) is 0 Å². The molecule has 0 unspecified atom stereocenters. The zero-order valence-corrected chi connectivity index (χ0v) is 10.9. The van der Waals surface area contributed by atoms with Crippen LogP contribution >= 0.6 is 0 Å². The van der Waals surface area contributed by atoms with E-state index in [-0.39, 0.29) is 17.3 Å². The number of aryl methyl sites for hydroxylation is 1. The van der Waals surface area contributed by atoms with E-state index < -0.39 is 10.0 Å². The second kappa shape index (κ2) is 5.34. The van der Waals surface area contributed by atoms with Crippen molar-refractivity contribution in [3.05, 3.63) is 36.0 Å². The Kier molecular flexibility index (Phi) is 3.79. The van der Waals surface area contributed by atoms with Crippen LogP contribution in [-0.2, 0) is 16.6 Å². The van der Waals surface area contributed by atoms with E-state index in [0.717, 1.165) is 0 Å². The molecule has 0 aliphatic rings. The molecule has 0 fully saturated rings. The highest BCUT2D eigenvalue weighted by atomic mass is 32.2. The zero-order chi connectivity index (χ0) is 13.9. The Labute approximate surface area is 110 Å². The van der Waals surface area contributed by atoms with E-state index in [1.807, 2.05) is 0 Å². The third-order valence-electron chi connectivity index (χ3n) is 2.32. The summed E-state index contributed by atoms with van der Waals surface area (Å²) in [4.78, 5) is 3.96. The Morgan fingerprint density at radius 3 is 2.74 bits per heavy atom. The van der Waals surface area contributed by atoms with Gasteiger partial charge in [-0.15, -0.1) is 0 Å². The molecule has 1 heterocycles. The number of para-hydroxylation sites is 1. The maximum atomic E-state index is 12.1. The fraction of sp³-hybridized carbons (Fsp3) is 0.200. The van der Waals surface area contributed by atoms with Crippen LogP contribution in [0.3, 0.4) is 0 Å². The quantitative estimate of drug-likeness (QED) is 0.527. The van der Waals surface area contributed by atoms with E-state index in [0.29, 0.717) is 11.6 Å². The Hall–Kier alpha value is -1.97. The monoisotopic (exact) mass is 283 g/mol. The van der Waals surface area contributed by atoms with Crippen molar-refractivity contribution < 1.29 is 12.9 Å². The first-order valence-electron chi connectivity index (χ1n) is 5.37. The molecule has 19 heavy (non-hydrogen) atoms. The van der Waals surface area contributed by atoms with Gasteiger partial charge in [-0.25, -0.2) is 13.1 Å². The van der Waals surface area contributed by atoms with Crippen molar-refractivity contribution in [3.8, 4) is 0 Å². The molecule has 1 aromatic heterocycles. The number of sulfonamides is 1. The minimum atomic E-state index is -3.71. The highest BCUT2D eigenvalue weighted by Crippen LogP contribution is 2.19. The summed E-state index contributed by atoms with van der Waals surface area (Å²) >= 11 is 0. The van der Waals surface area contributed by atoms with Crippen molar-refractivity contribution in [1.82, 2.24) is 14.9 Å². The molecule has 102 valence electrons. The number of benzene rings is 1. The SMILES string of the molecule is Cc1nc(CNS(=O)(=O)c2ccccc2NN)no1. The van der Waals surface area contributed by atoms with Gasteiger partial charge in [0.25, 0.3) is 0 Å². The Morgan fingerprint density at radius 2 is 2.11 bits per heavy atom. The average Bonchev–Trinajstić information content (AvgIpc) is 2.82. The van der Waals surface area contributed by atoms with Gasteiger partial charge in [-0.2, -0.15) is 4.98 Å². The molecule has 4 N–H and O–H groups in total. The number of nitrogens with two attached hydrogens (primary N) is 1. The summed E-state index contributed by atoms with van der Waals surface area (Å²) in [5.74, 6) is 5.91. The molecular formula is C10H13N5O3S. The molecule has 0 saturated carbocycles. The third kappa shape index (κ3) is 3.08. The number of nitrogens with zero attached hydrogens (tertiary/aromatic N) is 2. The summed E-state index contributed by atoms with van der Waals surface area (Å²) in [6.07, 6.45) is 0. The number of anilines is 1. The molecular weight excluding hydrogens is 270 g/mol. The first-order chi connectivity index (χ1) is 9.03. The van der Waals surface area contributed by atoms with Crippen molar-refractivity contribution in [2.75, 3.05) is 5.43 Å². The molecule has 0 bridgehead atoms. The van der Waals surface area contributed by atoms with E-state index in [1.165, 1.54) is 6.07 Å². The van der Waals surface area contributed by atoms with E-state index >= 15 is 0 Å². The number of nitrogen functional groups attached to an aromatic ring is 1. The fourth-order valence-corrected chi connectivity index (χ4v) is 2.62. The predicted molar refractivity (Wildman–Crippen MR) is 67.3 cm³/mol. The lowest BCUT2D eigenvalue weighted by Gasteiger charge is -2.09. The van der Waals surface area contributed by atoms with Gasteiger partial charge in [0.1, 0.15) is 4.90 Å². The van der Waals surface area contributed by atoms with Crippen LogP contribution in [0, 0.1) is 6.92 Å². The molecule has 0 saturated heterocycles. The van der Waals surface area contributed by atoms with Gasteiger partial charge in [0.2, 0.25) is 15.9 Å². The molecule has 0 aliphatic carbocycles. The van der Waals surface area contributed by atoms with E-state index in [2.05, 4.69) is 20.3 Å². The number of hydrogen-bond acceptors (Lipinski definition) is 7. The van der Waals surface area contributed by atoms with Gasteiger partial charge in [0.05, 0.1) is 12.2 Å². The van der Waals surface area contributed by atoms with Crippen molar-refractivity contribution in [3.63, 3.8) is 0 Å². The number of aromatic nitrogens is 2. The molecule has 0 atom stereocenters. The van der Waals surface area contributed by atoms with Crippen molar-refractivity contribution in [1.29, 1.82) is 0 Å². The van der Waals surface area contributed by atoms with Gasteiger partial charge >= 0.3 is 0 Å². The smallest absolute Gasteiger partial charge is 0.243 e. The zero-order valence-electron chi connectivity index (χ0n) is 10.1. The molecule has 9 heteroatoms. The van der Waals surface area contributed by atoms with Crippen LogP contribution in [0.15, 0.2) is 33.7 Å². The first-order valence-corrected chi connectivity index (χ1v) is 6.86. The van der Waals surface area contributed by atoms with Crippen molar-refractivity contribution in [2.45, 2.75) is 18.4 Å². The lowest BCUT2D eigenvalue weighted by molar-refractivity contribution is 0.387. The molecule has 2 aromatic rings. The van der Waals surface area contributed by atoms with E-state index in [9.17, 15) is 8.42 Å². The van der Waals surface area contributed by atoms with Gasteiger partial charge < -0.3 is 9.95 Å². The van der Waals surface area contributed by atoms with Gasteiger partial charge in [-0.3, -0.25) is 5.84 Å². The maximum Gasteiger partial charge on any atom is 0.243 e. The minimum absolute atomic E-state index is 0.0534. The van der Waals surface area contributed by atoms with Gasteiger partial charge in [-0.05, 0) is 12.1 Å². The van der Waals surface area contributed by atoms with Gasteiger partial charge in [-0.1, -0.05) is 17.3 Å². The Balaban J connectivity index is 2.18. The van der Waals surface area contributed by atoms with Crippen molar-refractivity contribution in [2.24, 2.45) is 5.84 Å². The molecule has 8 nitrogen and oxygen atoms in total. The second-order valence-electron chi connectivity index (χ2n) is 3.69. The molecule has 0 spiro atoms. The average molecular weight is 283 g/mol. The standard InChI is InChI=1S/C10H13N5O3S/c1-7-13-10(15-18-7)6-12-19(16,17)9-5-3-2-4-8(9)14-11/h2-5,12,14H,6,11H2,1H3. The highest BCUT2D eigenvalue weighted by Gasteiger charge is 2.18. The highest BCUT2D eigenvalue weighted by molar-refractivity contribution is 7.89. The summed E-state index contributed by atoms with van der Waals surface area (Å²) in [7, 11) is -3.71. The lowest BCUT2D eigenvalue weighted by Crippen LogP contribution is -2.25. The largest absolute Gasteiger partial charge is 0.340 e. The van der Waals surface area contributed by atoms with Crippen LogP contribution in [0.5, 0.6) is 0 Å². The summed E-state index contributed by atoms with van der Waals surface area (Å²) in [5, 5.41) is 3.60. The summed E-state index contributed by atoms with van der Waals surface area (Å²) in [6, 6.07) is 6.29. The molecule has 2 rings (SSSR count). The van der Waals surface area contributed by atoms with Crippen LogP contribution in [-0.4, -0.2) is 18.6 Å². The number of hydrogen-bond donors (Lipinski definition) is 3. The Morgan fingerprint density at radius 1 is 1.37 bits per heavy atom. The van der Waals surface area contributed by atoms with E-state index in [1.54, 1.807) is 25.1 Å². The van der Waals surface area contributed by atoms with Crippen LogP contribution in [0.4, 0.5) is 5.69 Å². The van der Waals surface area contributed by atoms with Crippen LogP contribution < -0.4 is 16.0 Å². The van der Waals surface area contributed by atoms with Gasteiger partial charge in [0, 0.05) is 6.92 Å². The molecule has 0 aliphatic heterocycles. The topological polar surface area (TPSA) is 123 Å². The van der Waals surface area contributed by atoms with Crippen molar-refractivity contribution >= 4 is 15.7 Å². The molecule has 1 aromatic carbocycles. The summed E-state index contributed by atoms with van der Waals surface area (Å²) < 4.78 is 31.3. The number of nitrogens with one attached hydrogen (secondary N) is 2. The number of rotatable bonds is 5. The van der Waals surface area contributed by atoms with E-state index in [4.69, 9.17) is 10.4 Å². The fourth-order valence-electron chi connectivity index (χ4n) is 1.47. The first kappa shape index (κ1) is 13.5. The third-order valence-corrected chi connectivity index (χ3v) is 3.78. The molecule has 0 amide bonds.